The van der Waals surface area contributed by atoms with Crippen LogP contribution in [0.2, 0.25) is 5.02 Å². The molecule has 0 aliphatic rings. The normalized spacial score (nSPS) is 11.9. The number of hydrogen-bond acceptors (Lipinski definition) is 5. The summed E-state index contributed by atoms with van der Waals surface area (Å²) in [6.45, 7) is 1.92. The summed E-state index contributed by atoms with van der Waals surface area (Å²) in [4.78, 5) is 16.8. The molecular weight excluding hydrogens is 394 g/mol. The zero-order chi connectivity index (χ0) is 19.1. The van der Waals surface area contributed by atoms with Gasteiger partial charge in [-0.3, -0.25) is 4.79 Å². The second-order valence-electron chi connectivity index (χ2n) is 5.80. The average molecular weight is 410 g/mol. The smallest absolute Gasteiger partial charge is 0.255 e. The third-order valence-electron chi connectivity index (χ3n) is 3.71. The Balaban J connectivity index is 1.92. The number of benzene rings is 2. The Hall–Kier alpha value is -2.00. The Morgan fingerprint density at radius 1 is 1.19 bits per heavy atom. The molecule has 9 heteroatoms. The molecule has 0 saturated heterocycles. The van der Waals surface area contributed by atoms with Crippen LogP contribution in [0.5, 0.6) is 0 Å². The van der Waals surface area contributed by atoms with Gasteiger partial charge in [-0.05, 0) is 43.3 Å². The maximum Gasteiger partial charge on any atom is 0.255 e. The first-order valence-electron chi connectivity index (χ1n) is 7.59. The Morgan fingerprint density at radius 2 is 1.92 bits per heavy atom. The third-order valence-corrected chi connectivity index (χ3v) is 6.94. The number of aryl methyl sites for hydroxylation is 1. The van der Waals surface area contributed by atoms with E-state index in [0.717, 1.165) is 19.5 Å². The molecule has 2 aromatic carbocycles. The molecular formula is C17H16ClN3O3S2. The minimum atomic E-state index is -3.75. The lowest BCUT2D eigenvalue weighted by Gasteiger charge is -2.14. The summed E-state index contributed by atoms with van der Waals surface area (Å²) >= 11 is 7.55. The van der Waals surface area contributed by atoms with Crippen LogP contribution >= 0.6 is 22.9 Å². The van der Waals surface area contributed by atoms with Gasteiger partial charge >= 0.3 is 0 Å². The molecule has 1 amide bonds. The lowest BCUT2D eigenvalue weighted by molar-refractivity contribution is 0.102. The molecule has 0 aliphatic carbocycles. The standard InChI is InChI=1S/C17H16ClN3O3S2/c1-10-19-14-7-5-12(9-15(14)25-10)20-17(22)11-4-6-13(18)16(8-11)26(23,24)21(2)3/h4-9H,1-3H3,(H,20,22). The molecule has 3 aromatic rings. The van der Waals surface area contributed by atoms with E-state index in [9.17, 15) is 13.2 Å². The average Bonchev–Trinajstić information content (AvgIpc) is 2.94. The molecule has 136 valence electrons. The molecule has 3 rings (SSSR count). The predicted molar refractivity (Wildman–Crippen MR) is 105 cm³/mol. The van der Waals surface area contributed by atoms with Gasteiger partial charge in [0.2, 0.25) is 10.0 Å². The van der Waals surface area contributed by atoms with Gasteiger partial charge in [0.25, 0.3) is 5.91 Å². The fraction of sp³-hybridized carbons (Fsp3) is 0.176. The largest absolute Gasteiger partial charge is 0.322 e. The van der Waals surface area contributed by atoms with Crippen molar-refractivity contribution in [2.45, 2.75) is 11.8 Å². The Bertz CT molecular complexity index is 1110. The van der Waals surface area contributed by atoms with Crippen molar-refractivity contribution in [1.29, 1.82) is 0 Å². The van der Waals surface area contributed by atoms with E-state index in [4.69, 9.17) is 11.6 Å². The van der Waals surface area contributed by atoms with E-state index in [2.05, 4.69) is 10.3 Å². The van der Waals surface area contributed by atoms with Crippen molar-refractivity contribution in [2.24, 2.45) is 0 Å². The third kappa shape index (κ3) is 3.59. The summed E-state index contributed by atoms with van der Waals surface area (Å²) in [5, 5.41) is 3.79. The first-order chi connectivity index (χ1) is 12.2. The van der Waals surface area contributed by atoms with Crippen LogP contribution in [-0.2, 0) is 10.0 Å². The van der Waals surface area contributed by atoms with Crippen molar-refractivity contribution < 1.29 is 13.2 Å². The van der Waals surface area contributed by atoms with E-state index in [1.54, 1.807) is 6.07 Å². The Morgan fingerprint density at radius 3 is 2.62 bits per heavy atom. The van der Waals surface area contributed by atoms with Gasteiger partial charge in [0, 0.05) is 25.3 Å². The van der Waals surface area contributed by atoms with E-state index in [0.29, 0.717) is 5.69 Å². The number of anilines is 1. The monoisotopic (exact) mass is 409 g/mol. The van der Waals surface area contributed by atoms with Crippen molar-refractivity contribution in [2.75, 3.05) is 19.4 Å². The molecule has 0 unspecified atom stereocenters. The minimum absolute atomic E-state index is 0.0665. The molecule has 1 heterocycles. The number of rotatable bonds is 4. The number of carbonyl (C=O) groups excluding carboxylic acids is 1. The quantitative estimate of drug-likeness (QED) is 0.711. The zero-order valence-corrected chi connectivity index (χ0v) is 16.7. The van der Waals surface area contributed by atoms with Crippen LogP contribution in [0.15, 0.2) is 41.3 Å². The van der Waals surface area contributed by atoms with Crippen LogP contribution in [0.25, 0.3) is 10.2 Å². The fourth-order valence-electron chi connectivity index (χ4n) is 2.36. The van der Waals surface area contributed by atoms with Gasteiger partial charge < -0.3 is 5.32 Å². The molecule has 1 N–H and O–H groups in total. The number of fused-ring (bicyclic) bond motifs is 1. The van der Waals surface area contributed by atoms with Gasteiger partial charge in [0.1, 0.15) is 4.90 Å². The molecule has 0 aliphatic heterocycles. The van der Waals surface area contributed by atoms with Crippen molar-refractivity contribution in [3.05, 3.63) is 52.0 Å². The SMILES string of the molecule is Cc1nc2ccc(NC(=O)c3ccc(Cl)c(S(=O)(=O)N(C)C)c3)cc2s1. The first-order valence-corrected chi connectivity index (χ1v) is 10.2. The second-order valence-corrected chi connectivity index (χ2v) is 9.56. The Kier molecular flexibility index (Phi) is 5.03. The summed E-state index contributed by atoms with van der Waals surface area (Å²) < 4.78 is 26.7. The Labute approximate surface area is 160 Å². The van der Waals surface area contributed by atoms with Crippen molar-refractivity contribution in [3.8, 4) is 0 Å². The van der Waals surface area contributed by atoms with Gasteiger partial charge in [-0.25, -0.2) is 17.7 Å². The summed E-state index contributed by atoms with van der Waals surface area (Å²) in [5.41, 5.74) is 1.69. The lowest BCUT2D eigenvalue weighted by Crippen LogP contribution is -2.23. The molecule has 0 radical (unpaired) electrons. The highest BCUT2D eigenvalue weighted by Crippen LogP contribution is 2.27. The van der Waals surface area contributed by atoms with Crippen LogP contribution in [-0.4, -0.2) is 37.7 Å². The number of nitrogens with zero attached hydrogens (tertiary/aromatic N) is 2. The lowest BCUT2D eigenvalue weighted by atomic mass is 10.2. The highest BCUT2D eigenvalue weighted by molar-refractivity contribution is 7.89. The van der Waals surface area contributed by atoms with E-state index in [-0.39, 0.29) is 15.5 Å². The van der Waals surface area contributed by atoms with E-state index in [1.165, 1.54) is 43.6 Å². The van der Waals surface area contributed by atoms with E-state index >= 15 is 0 Å². The molecule has 0 fully saturated rings. The van der Waals surface area contributed by atoms with Crippen LogP contribution in [0.1, 0.15) is 15.4 Å². The molecule has 0 atom stereocenters. The van der Waals surface area contributed by atoms with Gasteiger partial charge in [0.15, 0.2) is 0 Å². The minimum Gasteiger partial charge on any atom is -0.322 e. The van der Waals surface area contributed by atoms with Gasteiger partial charge in [0.05, 0.1) is 20.2 Å². The zero-order valence-electron chi connectivity index (χ0n) is 14.3. The number of halogens is 1. The molecule has 1 aromatic heterocycles. The summed E-state index contributed by atoms with van der Waals surface area (Å²) in [6.07, 6.45) is 0. The number of amides is 1. The van der Waals surface area contributed by atoms with E-state index < -0.39 is 15.9 Å². The predicted octanol–water partition coefficient (Wildman–Crippen LogP) is 3.76. The molecule has 26 heavy (non-hydrogen) atoms. The van der Waals surface area contributed by atoms with Gasteiger partial charge in [-0.1, -0.05) is 11.6 Å². The van der Waals surface area contributed by atoms with Crippen molar-refractivity contribution >= 4 is 54.8 Å². The summed E-state index contributed by atoms with van der Waals surface area (Å²) in [7, 11) is -0.933. The van der Waals surface area contributed by atoms with Crippen LogP contribution < -0.4 is 5.32 Å². The van der Waals surface area contributed by atoms with Gasteiger partial charge in [-0.2, -0.15) is 0 Å². The number of sulfonamides is 1. The molecule has 0 spiro atoms. The van der Waals surface area contributed by atoms with Crippen LogP contribution in [0.3, 0.4) is 0 Å². The summed E-state index contributed by atoms with van der Waals surface area (Å²) in [6, 6.07) is 9.60. The molecule has 6 nitrogen and oxygen atoms in total. The number of thiazole rings is 1. The highest BCUT2D eigenvalue weighted by Gasteiger charge is 2.22. The maximum absolute atomic E-state index is 12.5. The van der Waals surface area contributed by atoms with Crippen LogP contribution in [0, 0.1) is 6.92 Å². The first kappa shape index (κ1) is 18.8. The van der Waals surface area contributed by atoms with Crippen molar-refractivity contribution in [1.82, 2.24) is 9.29 Å². The second kappa shape index (κ2) is 6.96. The highest BCUT2D eigenvalue weighted by atomic mass is 35.5. The molecule has 0 saturated carbocycles. The maximum atomic E-state index is 12.5. The molecule has 0 bridgehead atoms. The van der Waals surface area contributed by atoms with Gasteiger partial charge in [-0.15, -0.1) is 11.3 Å². The van der Waals surface area contributed by atoms with E-state index in [1.807, 2.05) is 19.1 Å². The summed E-state index contributed by atoms with van der Waals surface area (Å²) in [5.74, 6) is -0.419. The number of hydrogen-bond donors (Lipinski definition) is 1. The number of carbonyl (C=O) groups is 1. The topological polar surface area (TPSA) is 79.4 Å². The fourth-order valence-corrected chi connectivity index (χ4v) is 4.62. The number of aromatic nitrogens is 1. The number of nitrogens with one attached hydrogen (secondary N) is 1. The van der Waals surface area contributed by atoms with Crippen LogP contribution in [0.4, 0.5) is 5.69 Å². The van der Waals surface area contributed by atoms with Crippen molar-refractivity contribution in [3.63, 3.8) is 0 Å².